The van der Waals surface area contributed by atoms with Gasteiger partial charge in [0.05, 0.1) is 0 Å². The molecule has 1 aliphatic heterocycles. The van der Waals surface area contributed by atoms with E-state index in [0.717, 1.165) is 45.0 Å². The smallest absolute Gasteiger partial charge is 0.220 e. The zero-order valence-corrected chi connectivity index (χ0v) is 16.0. The molecule has 2 aromatic rings. The first-order chi connectivity index (χ1) is 12.8. The summed E-state index contributed by atoms with van der Waals surface area (Å²) >= 11 is 1.73. The summed E-state index contributed by atoms with van der Waals surface area (Å²) in [6.45, 7) is 5.86. The first-order valence-corrected chi connectivity index (χ1v) is 10.3. The lowest BCUT2D eigenvalue weighted by molar-refractivity contribution is -0.120. The Balaban J connectivity index is 1.26. The number of piperazine rings is 1. The summed E-state index contributed by atoms with van der Waals surface area (Å²) < 4.78 is 0. The minimum Gasteiger partial charge on any atom is -0.369 e. The maximum atomic E-state index is 12.0. The van der Waals surface area contributed by atoms with Crippen molar-refractivity contribution in [3.8, 4) is 0 Å². The SMILES string of the molecule is O=C(CCSc1ccccc1)NCCN1CCN(c2ccccc2)CC1. The maximum Gasteiger partial charge on any atom is 0.220 e. The van der Waals surface area contributed by atoms with Crippen LogP contribution in [0.2, 0.25) is 0 Å². The number of thioether (sulfide) groups is 1. The molecule has 0 atom stereocenters. The Kier molecular flexibility index (Phi) is 7.40. The van der Waals surface area contributed by atoms with Crippen molar-refractivity contribution in [2.75, 3.05) is 49.9 Å². The highest BCUT2D eigenvalue weighted by molar-refractivity contribution is 7.99. The molecule has 138 valence electrons. The van der Waals surface area contributed by atoms with Crippen LogP contribution in [0.5, 0.6) is 0 Å². The van der Waals surface area contributed by atoms with Gasteiger partial charge in [0, 0.05) is 62.0 Å². The molecule has 1 aliphatic rings. The Morgan fingerprint density at radius 1 is 0.923 bits per heavy atom. The quantitative estimate of drug-likeness (QED) is 0.726. The number of carbonyl (C=O) groups excluding carboxylic acids is 1. The van der Waals surface area contributed by atoms with Gasteiger partial charge in [0.1, 0.15) is 0 Å². The van der Waals surface area contributed by atoms with Gasteiger partial charge in [-0.2, -0.15) is 0 Å². The Bertz CT molecular complexity index is 657. The van der Waals surface area contributed by atoms with Gasteiger partial charge in [0.2, 0.25) is 5.91 Å². The van der Waals surface area contributed by atoms with Crippen LogP contribution in [-0.4, -0.2) is 55.8 Å². The van der Waals surface area contributed by atoms with Gasteiger partial charge in [-0.05, 0) is 24.3 Å². The van der Waals surface area contributed by atoms with Crippen LogP contribution in [0.15, 0.2) is 65.6 Å². The normalized spacial score (nSPS) is 15.0. The van der Waals surface area contributed by atoms with Crippen molar-refractivity contribution in [3.63, 3.8) is 0 Å². The molecule has 0 saturated carbocycles. The molecule has 1 N–H and O–H groups in total. The average Bonchev–Trinajstić information content (AvgIpc) is 2.70. The molecule has 5 heteroatoms. The van der Waals surface area contributed by atoms with E-state index in [-0.39, 0.29) is 5.91 Å². The Morgan fingerprint density at radius 3 is 2.27 bits per heavy atom. The minimum absolute atomic E-state index is 0.149. The van der Waals surface area contributed by atoms with E-state index in [1.54, 1.807) is 11.8 Å². The topological polar surface area (TPSA) is 35.6 Å². The van der Waals surface area contributed by atoms with E-state index in [1.165, 1.54) is 10.6 Å². The first-order valence-electron chi connectivity index (χ1n) is 9.28. The summed E-state index contributed by atoms with van der Waals surface area (Å²) in [5.41, 5.74) is 1.30. The fraction of sp³-hybridized carbons (Fsp3) is 0.381. The third-order valence-electron chi connectivity index (χ3n) is 4.58. The summed E-state index contributed by atoms with van der Waals surface area (Å²) in [6, 6.07) is 20.8. The van der Waals surface area contributed by atoms with Crippen molar-refractivity contribution >= 4 is 23.4 Å². The van der Waals surface area contributed by atoms with E-state index in [9.17, 15) is 4.79 Å². The van der Waals surface area contributed by atoms with Crippen LogP contribution in [0.1, 0.15) is 6.42 Å². The first kappa shape index (κ1) is 18.8. The number of anilines is 1. The number of para-hydroxylation sites is 1. The number of benzene rings is 2. The molecule has 1 fully saturated rings. The molecule has 4 nitrogen and oxygen atoms in total. The van der Waals surface area contributed by atoms with Crippen molar-refractivity contribution in [3.05, 3.63) is 60.7 Å². The van der Waals surface area contributed by atoms with Gasteiger partial charge in [0.15, 0.2) is 0 Å². The van der Waals surface area contributed by atoms with E-state index >= 15 is 0 Å². The summed E-state index contributed by atoms with van der Waals surface area (Å²) in [4.78, 5) is 18.0. The lowest BCUT2D eigenvalue weighted by Gasteiger charge is -2.36. The number of nitrogens with one attached hydrogen (secondary N) is 1. The molecule has 26 heavy (non-hydrogen) atoms. The number of amides is 1. The fourth-order valence-electron chi connectivity index (χ4n) is 3.09. The van der Waals surface area contributed by atoms with Gasteiger partial charge < -0.3 is 10.2 Å². The predicted molar refractivity (Wildman–Crippen MR) is 110 cm³/mol. The third kappa shape index (κ3) is 6.07. The molecule has 1 amide bonds. The molecule has 1 saturated heterocycles. The average molecular weight is 370 g/mol. The second-order valence-corrected chi connectivity index (χ2v) is 7.59. The summed E-state index contributed by atoms with van der Waals surface area (Å²) in [5, 5.41) is 3.05. The molecule has 3 rings (SSSR count). The van der Waals surface area contributed by atoms with Gasteiger partial charge in [0.25, 0.3) is 0 Å². The van der Waals surface area contributed by atoms with Crippen molar-refractivity contribution in [2.45, 2.75) is 11.3 Å². The van der Waals surface area contributed by atoms with Crippen LogP contribution in [-0.2, 0) is 4.79 Å². The Morgan fingerprint density at radius 2 is 1.58 bits per heavy atom. The zero-order valence-electron chi connectivity index (χ0n) is 15.1. The summed E-state index contributed by atoms with van der Waals surface area (Å²) in [6.07, 6.45) is 0.571. The van der Waals surface area contributed by atoms with E-state index in [0.29, 0.717) is 6.42 Å². The second-order valence-electron chi connectivity index (χ2n) is 6.43. The zero-order chi connectivity index (χ0) is 18.0. The van der Waals surface area contributed by atoms with Crippen LogP contribution >= 0.6 is 11.8 Å². The van der Waals surface area contributed by atoms with E-state index in [1.807, 2.05) is 18.2 Å². The highest BCUT2D eigenvalue weighted by Crippen LogP contribution is 2.17. The number of rotatable bonds is 8. The molecule has 0 aliphatic carbocycles. The minimum atomic E-state index is 0.149. The van der Waals surface area contributed by atoms with E-state index in [2.05, 4.69) is 57.6 Å². The van der Waals surface area contributed by atoms with Crippen molar-refractivity contribution < 1.29 is 4.79 Å². The highest BCUT2D eigenvalue weighted by Gasteiger charge is 2.16. The predicted octanol–water partition coefficient (Wildman–Crippen LogP) is 3.11. The van der Waals surface area contributed by atoms with E-state index in [4.69, 9.17) is 0 Å². The van der Waals surface area contributed by atoms with Crippen molar-refractivity contribution in [1.29, 1.82) is 0 Å². The van der Waals surface area contributed by atoms with E-state index < -0.39 is 0 Å². The van der Waals surface area contributed by atoms with Gasteiger partial charge in [-0.3, -0.25) is 9.69 Å². The maximum absolute atomic E-state index is 12.0. The third-order valence-corrected chi connectivity index (χ3v) is 5.60. The van der Waals surface area contributed by atoms with Gasteiger partial charge in [-0.25, -0.2) is 0 Å². The van der Waals surface area contributed by atoms with Crippen LogP contribution < -0.4 is 10.2 Å². The lowest BCUT2D eigenvalue weighted by Crippen LogP contribution is -2.48. The number of hydrogen-bond acceptors (Lipinski definition) is 4. The van der Waals surface area contributed by atoms with Gasteiger partial charge >= 0.3 is 0 Å². The molecule has 1 heterocycles. The monoisotopic (exact) mass is 369 g/mol. The largest absolute Gasteiger partial charge is 0.369 e. The summed E-state index contributed by atoms with van der Waals surface area (Å²) in [5.74, 6) is 0.974. The number of nitrogens with zero attached hydrogens (tertiary/aromatic N) is 2. The lowest BCUT2D eigenvalue weighted by atomic mass is 10.2. The van der Waals surface area contributed by atoms with Gasteiger partial charge in [-0.1, -0.05) is 36.4 Å². The molecule has 0 bridgehead atoms. The standard InChI is InChI=1S/C21H27N3OS/c25-21(11-18-26-20-9-5-2-6-10-20)22-12-13-23-14-16-24(17-15-23)19-7-3-1-4-8-19/h1-10H,11-18H2,(H,22,25). The van der Waals surface area contributed by atoms with Crippen LogP contribution in [0.3, 0.4) is 0 Å². The number of carbonyl (C=O) groups is 1. The van der Waals surface area contributed by atoms with Crippen LogP contribution in [0.25, 0.3) is 0 Å². The second kappa shape index (κ2) is 10.2. The molecular formula is C21H27N3OS. The van der Waals surface area contributed by atoms with Crippen molar-refractivity contribution in [2.24, 2.45) is 0 Å². The molecular weight excluding hydrogens is 342 g/mol. The van der Waals surface area contributed by atoms with Crippen LogP contribution in [0.4, 0.5) is 5.69 Å². The summed E-state index contributed by atoms with van der Waals surface area (Å²) in [7, 11) is 0. The number of hydrogen-bond donors (Lipinski definition) is 1. The fourth-order valence-corrected chi connectivity index (χ4v) is 3.96. The Hall–Kier alpha value is -1.98. The highest BCUT2D eigenvalue weighted by atomic mass is 32.2. The Labute approximate surface area is 160 Å². The molecule has 2 aromatic carbocycles. The van der Waals surface area contributed by atoms with Gasteiger partial charge in [-0.15, -0.1) is 11.8 Å². The molecule has 0 aromatic heterocycles. The molecule has 0 unspecified atom stereocenters. The van der Waals surface area contributed by atoms with Crippen molar-refractivity contribution in [1.82, 2.24) is 10.2 Å². The van der Waals surface area contributed by atoms with Crippen LogP contribution in [0, 0.1) is 0 Å². The molecule has 0 radical (unpaired) electrons. The molecule has 0 spiro atoms.